The van der Waals surface area contributed by atoms with Gasteiger partial charge in [-0.25, -0.2) is 9.78 Å². The van der Waals surface area contributed by atoms with Crippen LogP contribution in [0, 0.1) is 0 Å². The predicted molar refractivity (Wildman–Crippen MR) is 54.4 cm³/mol. The highest BCUT2D eigenvalue weighted by atomic mass is 16.5. The van der Waals surface area contributed by atoms with E-state index in [4.69, 9.17) is 9.84 Å². The van der Waals surface area contributed by atoms with E-state index in [1.54, 1.807) is 7.05 Å². The molecule has 5 nitrogen and oxygen atoms in total. The van der Waals surface area contributed by atoms with E-state index in [0.29, 0.717) is 11.4 Å². The Bertz CT molecular complexity index is 388. The highest BCUT2D eigenvalue weighted by Crippen LogP contribution is 2.31. The summed E-state index contributed by atoms with van der Waals surface area (Å²) in [6.07, 6.45) is 3.78. The van der Waals surface area contributed by atoms with Gasteiger partial charge in [0, 0.05) is 13.1 Å². The van der Waals surface area contributed by atoms with Gasteiger partial charge in [0.05, 0.1) is 18.0 Å². The number of anilines is 1. The minimum absolute atomic E-state index is 0.00431. The van der Waals surface area contributed by atoms with Gasteiger partial charge >= 0.3 is 5.97 Å². The first-order chi connectivity index (χ1) is 7.20. The minimum atomic E-state index is -1.04. The number of nitrogens with one attached hydrogen (secondary N) is 1. The molecule has 1 aliphatic carbocycles. The van der Waals surface area contributed by atoms with Crippen LogP contribution in [0.1, 0.15) is 23.3 Å². The number of aromatic nitrogens is 1. The Morgan fingerprint density at radius 2 is 2.40 bits per heavy atom. The van der Waals surface area contributed by atoms with Crippen LogP contribution in [0.15, 0.2) is 12.3 Å². The van der Waals surface area contributed by atoms with Crippen LogP contribution in [-0.2, 0) is 0 Å². The third-order valence-electron chi connectivity index (χ3n) is 2.17. The van der Waals surface area contributed by atoms with E-state index < -0.39 is 5.97 Å². The van der Waals surface area contributed by atoms with Gasteiger partial charge in [-0.1, -0.05) is 0 Å². The molecule has 15 heavy (non-hydrogen) atoms. The summed E-state index contributed by atoms with van der Waals surface area (Å²) < 4.78 is 5.57. The normalized spacial score (nSPS) is 14.7. The molecule has 0 unspecified atom stereocenters. The van der Waals surface area contributed by atoms with Gasteiger partial charge in [0.25, 0.3) is 0 Å². The lowest BCUT2D eigenvalue weighted by Crippen LogP contribution is -2.05. The Labute approximate surface area is 87.1 Å². The quantitative estimate of drug-likeness (QED) is 0.781. The number of carboxylic acids is 1. The van der Waals surface area contributed by atoms with Crippen molar-refractivity contribution in [1.82, 2.24) is 4.98 Å². The highest BCUT2D eigenvalue weighted by molar-refractivity contribution is 5.86. The molecule has 0 amide bonds. The highest BCUT2D eigenvalue weighted by Gasteiger charge is 2.25. The maximum atomic E-state index is 10.7. The molecule has 1 aromatic heterocycles. The van der Waals surface area contributed by atoms with Gasteiger partial charge in [0.15, 0.2) is 5.69 Å². The fraction of sp³-hybridized carbons (Fsp3) is 0.400. The Morgan fingerprint density at radius 3 is 2.93 bits per heavy atom. The molecule has 1 aliphatic rings. The molecule has 5 heteroatoms. The van der Waals surface area contributed by atoms with Crippen molar-refractivity contribution < 1.29 is 14.6 Å². The summed E-state index contributed by atoms with van der Waals surface area (Å²) in [5.41, 5.74) is 0.719. The van der Waals surface area contributed by atoms with Gasteiger partial charge < -0.3 is 15.2 Å². The van der Waals surface area contributed by atoms with Gasteiger partial charge in [0.2, 0.25) is 0 Å². The molecular weight excluding hydrogens is 196 g/mol. The molecule has 0 aromatic carbocycles. The van der Waals surface area contributed by atoms with E-state index >= 15 is 0 Å². The Kier molecular flexibility index (Phi) is 2.45. The van der Waals surface area contributed by atoms with E-state index in [2.05, 4.69) is 10.3 Å². The van der Waals surface area contributed by atoms with Crippen molar-refractivity contribution in [3.63, 3.8) is 0 Å². The van der Waals surface area contributed by atoms with Crippen LogP contribution >= 0.6 is 0 Å². The lowest BCUT2D eigenvalue weighted by atomic mass is 10.3. The lowest BCUT2D eigenvalue weighted by molar-refractivity contribution is 0.0690. The average Bonchev–Trinajstić information content (AvgIpc) is 3.01. The number of carbonyl (C=O) groups is 1. The largest absolute Gasteiger partial charge is 0.488 e. The van der Waals surface area contributed by atoms with Crippen LogP contribution in [0.25, 0.3) is 0 Å². The van der Waals surface area contributed by atoms with Crippen LogP contribution in [0.2, 0.25) is 0 Å². The van der Waals surface area contributed by atoms with Crippen LogP contribution < -0.4 is 10.1 Å². The first-order valence-electron chi connectivity index (χ1n) is 4.78. The number of ether oxygens (including phenoxy) is 1. The van der Waals surface area contributed by atoms with Crippen molar-refractivity contribution in [2.75, 3.05) is 12.4 Å². The number of hydrogen-bond acceptors (Lipinski definition) is 4. The number of aromatic carboxylic acids is 1. The summed E-state index contributed by atoms with van der Waals surface area (Å²) >= 11 is 0. The van der Waals surface area contributed by atoms with Crippen molar-refractivity contribution in [3.05, 3.63) is 18.0 Å². The van der Waals surface area contributed by atoms with Gasteiger partial charge in [0.1, 0.15) is 5.75 Å². The smallest absolute Gasteiger partial charge is 0.354 e. The molecular formula is C10H12N2O3. The molecule has 0 aliphatic heterocycles. The Morgan fingerprint density at radius 1 is 1.67 bits per heavy atom. The van der Waals surface area contributed by atoms with E-state index in [0.717, 1.165) is 12.8 Å². The van der Waals surface area contributed by atoms with Crippen molar-refractivity contribution in [3.8, 4) is 5.75 Å². The van der Waals surface area contributed by atoms with E-state index in [1.807, 2.05) is 0 Å². The van der Waals surface area contributed by atoms with Crippen LogP contribution in [-0.4, -0.2) is 29.2 Å². The van der Waals surface area contributed by atoms with E-state index in [-0.39, 0.29) is 11.8 Å². The monoisotopic (exact) mass is 208 g/mol. The molecule has 1 aromatic rings. The zero-order valence-electron chi connectivity index (χ0n) is 8.36. The van der Waals surface area contributed by atoms with Crippen molar-refractivity contribution in [2.45, 2.75) is 18.9 Å². The van der Waals surface area contributed by atoms with E-state index in [1.165, 1.54) is 12.3 Å². The maximum Gasteiger partial charge on any atom is 0.354 e. The molecule has 0 atom stereocenters. The zero-order valence-corrected chi connectivity index (χ0v) is 8.36. The molecule has 1 heterocycles. The first kappa shape index (κ1) is 9.76. The SMILES string of the molecule is CNc1cnc(C(=O)O)cc1OC1CC1. The standard InChI is InChI=1S/C10H12N2O3/c1-11-8-5-12-7(10(13)14)4-9(8)15-6-2-3-6/h4-6,11H,2-3H2,1H3,(H,13,14). The number of hydrogen-bond donors (Lipinski definition) is 2. The Balaban J connectivity index is 2.28. The minimum Gasteiger partial charge on any atom is -0.488 e. The third-order valence-corrected chi connectivity index (χ3v) is 2.17. The van der Waals surface area contributed by atoms with Crippen molar-refractivity contribution in [1.29, 1.82) is 0 Å². The van der Waals surface area contributed by atoms with Crippen molar-refractivity contribution in [2.24, 2.45) is 0 Å². The first-order valence-corrected chi connectivity index (χ1v) is 4.78. The fourth-order valence-electron chi connectivity index (χ4n) is 1.20. The molecule has 1 saturated carbocycles. The molecule has 2 rings (SSSR count). The molecule has 0 spiro atoms. The number of rotatable bonds is 4. The van der Waals surface area contributed by atoms with E-state index in [9.17, 15) is 4.79 Å². The topological polar surface area (TPSA) is 71.5 Å². The summed E-state index contributed by atoms with van der Waals surface area (Å²) in [4.78, 5) is 14.5. The average molecular weight is 208 g/mol. The molecule has 0 radical (unpaired) electrons. The predicted octanol–water partition coefficient (Wildman–Crippen LogP) is 1.36. The molecule has 0 bridgehead atoms. The summed E-state index contributed by atoms with van der Waals surface area (Å²) in [6.45, 7) is 0. The summed E-state index contributed by atoms with van der Waals surface area (Å²) in [6, 6.07) is 1.45. The maximum absolute atomic E-state index is 10.7. The van der Waals surface area contributed by atoms with Gasteiger partial charge in [-0.2, -0.15) is 0 Å². The molecule has 1 fully saturated rings. The zero-order chi connectivity index (χ0) is 10.8. The fourth-order valence-corrected chi connectivity index (χ4v) is 1.20. The van der Waals surface area contributed by atoms with Gasteiger partial charge in [-0.3, -0.25) is 0 Å². The molecule has 80 valence electrons. The molecule has 0 saturated heterocycles. The van der Waals surface area contributed by atoms with Crippen LogP contribution in [0.5, 0.6) is 5.75 Å². The number of pyridine rings is 1. The van der Waals surface area contributed by atoms with Crippen LogP contribution in [0.3, 0.4) is 0 Å². The second kappa shape index (κ2) is 3.76. The van der Waals surface area contributed by atoms with Gasteiger partial charge in [-0.15, -0.1) is 0 Å². The van der Waals surface area contributed by atoms with Gasteiger partial charge in [-0.05, 0) is 12.8 Å². The summed E-state index contributed by atoms with van der Waals surface area (Å²) in [5, 5.41) is 11.7. The Hall–Kier alpha value is -1.78. The second-order valence-corrected chi connectivity index (χ2v) is 3.44. The third kappa shape index (κ3) is 2.18. The number of carboxylic acid groups (broad SMARTS) is 1. The lowest BCUT2D eigenvalue weighted by Gasteiger charge is -2.10. The second-order valence-electron chi connectivity index (χ2n) is 3.44. The van der Waals surface area contributed by atoms with Crippen molar-refractivity contribution >= 4 is 11.7 Å². The summed E-state index contributed by atoms with van der Waals surface area (Å²) in [7, 11) is 1.75. The van der Waals surface area contributed by atoms with Crippen LogP contribution in [0.4, 0.5) is 5.69 Å². The number of nitrogens with zero attached hydrogens (tertiary/aromatic N) is 1. The summed E-state index contributed by atoms with van der Waals surface area (Å²) in [5.74, 6) is -0.481. The molecule has 2 N–H and O–H groups in total.